The van der Waals surface area contributed by atoms with Gasteiger partial charge >= 0.3 is 5.97 Å². The number of aromatic nitrogens is 6. The fourth-order valence-electron chi connectivity index (χ4n) is 2.85. The number of aryl methyl sites for hydroxylation is 2. The van der Waals surface area contributed by atoms with E-state index >= 15 is 0 Å². The fourth-order valence-corrected chi connectivity index (χ4v) is 3.13. The van der Waals surface area contributed by atoms with Crippen molar-refractivity contribution in [3.05, 3.63) is 45.2 Å². The minimum atomic E-state index is -1.14. The van der Waals surface area contributed by atoms with E-state index in [1.54, 1.807) is 4.68 Å². The summed E-state index contributed by atoms with van der Waals surface area (Å²) >= 11 is 3.51. The summed E-state index contributed by atoms with van der Waals surface area (Å²) in [6.45, 7) is 7.89. The molecule has 1 amide bonds. The third-order valence-electron chi connectivity index (χ3n) is 4.37. The van der Waals surface area contributed by atoms with Crippen LogP contribution in [0.1, 0.15) is 33.3 Å². The number of rotatable bonds is 6. The topological polar surface area (TPSA) is 120 Å². The number of halogens is 1. The number of hydrogen-bond donors (Lipinski definition) is 2. The Labute approximate surface area is 169 Å². The molecule has 28 heavy (non-hydrogen) atoms. The van der Waals surface area contributed by atoms with Gasteiger partial charge in [-0.3, -0.25) is 9.48 Å². The lowest BCUT2D eigenvalue weighted by molar-refractivity contribution is -0.116. The molecule has 3 aromatic rings. The molecular weight excluding hydrogens is 430 g/mol. The molecule has 10 nitrogen and oxygen atoms in total. The Morgan fingerprint density at radius 1 is 1.07 bits per heavy atom. The first-order chi connectivity index (χ1) is 13.2. The predicted molar refractivity (Wildman–Crippen MR) is 104 cm³/mol. The highest BCUT2D eigenvalue weighted by atomic mass is 79.9. The second kappa shape index (κ2) is 7.58. The Bertz CT molecular complexity index is 1060. The van der Waals surface area contributed by atoms with Crippen LogP contribution in [0.15, 0.2) is 16.7 Å². The average molecular weight is 450 g/mol. The first-order valence-corrected chi connectivity index (χ1v) is 9.26. The van der Waals surface area contributed by atoms with E-state index in [4.69, 9.17) is 5.11 Å². The minimum absolute atomic E-state index is 0.0955. The molecule has 0 bridgehead atoms. The van der Waals surface area contributed by atoms with Crippen LogP contribution in [-0.2, 0) is 18.0 Å². The monoisotopic (exact) mass is 449 g/mol. The van der Waals surface area contributed by atoms with Crippen LogP contribution >= 0.6 is 15.9 Å². The van der Waals surface area contributed by atoms with Crippen LogP contribution in [0.25, 0.3) is 0 Å². The largest absolute Gasteiger partial charge is 0.476 e. The van der Waals surface area contributed by atoms with Gasteiger partial charge in [0, 0.05) is 6.20 Å². The number of carboxylic acids is 1. The van der Waals surface area contributed by atoms with Crippen molar-refractivity contribution in [1.29, 1.82) is 0 Å². The van der Waals surface area contributed by atoms with Crippen molar-refractivity contribution in [2.24, 2.45) is 0 Å². The van der Waals surface area contributed by atoms with E-state index in [2.05, 4.69) is 36.5 Å². The van der Waals surface area contributed by atoms with Crippen LogP contribution in [0, 0.1) is 27.7 Å². The van der Waals surface area contributed by atoms with E-state index in [1.807, 2.05) is 32.4 Å². The van der Waals surface area contributed by atoms with Crippen molar-refractivity contribution in [3.63, 3.8) is 0 Å². The van der Waals surface area contributed by atoms with E-state index in [-0.39, 0.29) is 18.1 Å². The number of carboxylic acid groups (broad SMARTS) is 1. The maximum absolute atomic E-state index is 12.4. The lowest BCUT2D eigenvalue weighted by Crippen LogP contribution is -2.20. The molecular formula is C17H20BrN7O3. The number of anilines is 1. The molecule has 0 aliphatic heterocycles. The number of amides is 1. The Morgan fingerprint density at radius 2 is 1.71 bits per heavy atom. The normalized spacial score (nSPS) is 11.0. The molecule has 0 unspecified atom stereocenters. The first-order valence-electron chi connectivity index (χ1n) is 8.47. The van der Waals surface area contributed by atoms with Crippen LogP contribution in [-0.4, -0.2) is 46.3 Å². The SMILES string of the molecule is Cc1nn(Cn2nc(C)c(NC(=O)Cn3ccc(C(=O)O)n3)c2C)c(C)c1Br. The van der Waals surface area contributed by atoms with Crippen LogP contribution in [0.3, 0.4) is 0 Å². The third-order valence-corrected chi connectivity index (χ3v) is 5.52. The average Bonchev–Trinajstić information content (AvgIpc) is 3.26. The maximum Gasteiger partial charge on any atom is 0.356 e. The molecule has 3 rings (SSSR count). The Hall–Kier alpha value is -2.95. The zero-order chi connectivity index (χ0) is 20.6. The van der Waals surface area contributed by atoms with Crippen LogP contribution in [0.2, 0.25) is 0 Å². The fraction of sp³-hybridized carbons (Fsp3) is 0.353. The molecule has 11 heteroatoms. The van der Waals surface area contributed by atoms with Crippen LogP contribution in [0.5, 0.6) is 0 Å². The first kappa shape index (κ1) is 19.8. The van der Waals surface area contributed by atoms with E-state index in [9.17, 15) is 9.59 Å². The summed E-state index contributed by atoms with van der Waals surface area (Å²) in [6.07, 6.45) is 1.45. The molecule has 0 spiro atoms. The van der Waals surface area contributed by atoms with Gasteiger partial charge in [-0.25, -0.2) is 14.2 Å². The lowest BCUT2D eigenvalue weighted by atomic mass is 10.3. The van der Waals surface area contributed by atoms with Gasteiger partial charge in [-0.15, -0.1) is 0 Å². The minimum Gasteiger partial charge on any atom is -0.476 e. The molecule has 0 saturated carbocycles. The van der Waals surface area contributed by atoms with Crippen molar-refractivity contribution >= 4 is 33.5 Å². The third kappa shape index (κ3) is 3.84. The van der Waals surface area contributed by atoms with Crippen molar-refractivity contribution in [2.45, 2.75) is 40.9 Å². The molecule has 0 atom stereocenters. The maximum atomic E-state index is 12.4. The van der Waals surface area contributed by atoms with Gasteiger partial charge in [-0.05, 0) is 49.7 Å². The van der Waals surface area contributed by atoms with Gasteiger partial charge in [-0.1, -0.05) is 0 Å². The number of carbonyl (C=O) groups excluding carboxylic acids is 1. The number of carbonyl (C=O) groups is 2. The quantitative estimate of drug-likeness (QED) is 0.594. The van der Waals surface area contributed by atoms with E-state index < -0.39 is 5.97 Å². The molecule has 0 radical (unpaired) electrons. The van der Waals surface area contributed by atoms with Crippen LogP contribution in [0.4, 0.5) is 5.69 Å². The zero-order valence-corrected chi connectivity index (χ0v) is 17.5. The van der Waals surface area contributed by atoms with Crippen molar-refractivity contribution < 1.29 is 14.7 Å². The Kier molecular flexibility index (Phi) is 5.36. The predicted octanol–water partition coefficient (Wildman–Crippen LogP) is 2.11. The van der Waals surface area contributed by atoms with E-state index in [1.165, 1.54) is 16.9 Å². The van der Waals surface area contributed by atoms with Gasteiger partial charge < -0.3 is 10.4 Å². The van der Waals surface area contributed by atoms with Crippen molar-refractivity contribution in [1.82, 2.24) is 29.3 Å². The number of nitrogens with one attached hydrogen (secondary N) is 1. The smallest absolute Gasteiger partial charge is 0.356 e. The van der Waals surface area contributed by atoms with Gasteiger partial charge in [0.25, 0.3) is 0 Å². The van der Waals surface area contributed by atoms with Crippen LogP contribution < -0.4 is 5.32 Å². The standard InChI is InChI=1S/C17H20BrN7O3/c1-9-15(18)11(3)24(20-9)8-25-12(4)16(10(2)21-25)19-14(26)7-23-6-5-13(22-23)17(27)28/h5-6H,7-8H2,1-4H3,(H,19,26)(H,27,28). The second-order valence-electron chi connectivity index (χ2n) is 6.42. The number of aromatic carboxylic acids is 1. The molecule has 0 fully saturated rings. The van der Waals surface area contributed by atoms with Gasteiger partial charge in [0.1, 0.15) is 13.2 Å². The van der Waals surface area contributed by atoms with Gasteiger partial charge in [0.15, 0.2) is 5.69 Å². The lowest BCUT2D eigenvalue weighted by Gasteiger charge is -2.09. The summed E-state index contributed by atoms with van der Waals surface area (Å²) in [5.74, 6) is -1.46. The number of nitrogens with zero attached hydrogens (tertiary/aromatic N) is 6. The summed E-state index contributed by atoms with van der Waals surface area (Å²) < 4.78 is 5.85. The van der Waals surface area contributed by atoms with Crippen molar-refractivity contribution in [2.75, 3.05) is 5.32 Å². The van der Waals surface area contributed by atoms with Gasteiger partial charge in [0.05, 0.1) is 32.9 Å². The summed E-state index contributed by atoms with van der Waals surface area (Å²) in [7, 11) is 0. The van der Waals surface area contributed by atoms with Crippen molar-refractivity contribution in [3.8, 4) is 0 Å². The van der Waals surface area contributed by atoms with Gasteiger partial charge in [-0.2, -0.15) is 15.3 Å². The van der Waals surface area contributed by atoms with Gasteiger partial charge in [0.2, 0.25) is 5.91 Å². The highest BCUT2D eigenvalue weighted by Crippen LogP contribution is 2.22. The Morgan fingerprint density at radius 3 is 2.29 bits per heavy atom. The molecule has 2 N–H and O–H groups in total. The molecule has 3 aromatic heterocycles. The summed E-state index contributed by atoms with van der Waals surface area (Å²) in [5, 5.41) is 24.6. The molecule has 0 aliphatic carbocycles. The van der Waals surface area contributed by atoms with E-state index in [0.29, 0.717) is 18.1 Å². The molecule has 0 aliphatic rings. The molecule has 0 saturated heterocycles. The molecule has 0 aromatic carbocycles. The molecule has 3 heterocycles. The Balaban J connectivity index is 1.74. The van der Waals surface area contributed by atoms with E-state index in [0.717, 1.165) is 21.6 Å². The highest BCUT2D eigenvalue weighted by Gasteiger charge is 2.17. The molecule has 148 valence electrons. The zero-order valence-electron chi connectivity index (χ0n) is 15.9. The highest BCUT2D eigenvalue weighted by molar-refractivity contribution is 9.10. The number of hydrogen-bond acceptors (Lipinski definition) is 5. The summed E-state index contributed by atoms with van der Waals surface area (Å²) in [5.41, 5.74) is 3.87. The summed E-state index contributed by atoms with van der Waals surface area (Å²) in [4.78, 5) is 23.2. The second-order valence-corrected chi connectivity index (χ2v) is 7.22. The summed E-state index contributed by atoms with van der Waals surface area (Å²) in [6, 6.07) is 1.34.